The summed E-state index contributed by atoms with van der Waals surface area (Å²) in [4.78, 5) is 16.6. The Labute approximate surface area is 173 Å². The molecule has 0 radical (unpaired) electrons. The van der Waals surface area contributed by atoms with Crippen LogP contribution >= 0.6 is 23.2 Å². The summed E-state index contributed by atoms with van der Waals surface area (Å²) < 4.78 is 24.5. The maximum atomic E-state index is 13.7. The van der Waals surface area contributed by atoms with E-state index in [1.54, 1.807) is 19.1 Å². The number of carbonyl (C=O) groups is 1. The van der Waals surface area contributed by atoms with Gasteiger partial charge in [0.05, 0.1) is 29.8 Å². The fourth-order valence-electron chi connectivity index (χ4n) is 3.21. The topological polar surface area (TPSA) is 42.0 Å². The minimum absolute atomic E-state index is 0.0985. The van der Waals surface area contributed by atoms with Gasteiger partial charge in [-0.2, -0.15) is 0 Å². The van der Waals surface area contributed by atoms with Crippen LogP contribution in [0.2, 0.25) is 10.0 Å². The Balaban J connectivity index is 1.65. The summed E-state index contributed by atoms with van der Waals surface area (Å²) in [7, 11) is 3.26. The van der Waals surface area contributed by atoms with Crippen molar-refractivity contribution in [1.82, 2.24) is 9.80 Å². The monoisotopic (exact) mass is 426 g/mol. The highest BCUT2D eigenvalue weighted by Gasteiger charge is 2.25. The molecular weight excluding hydrogens is 406 g/mol. The molecule has 0 unspecified atom stereocenters. The summed E-state index contributed by atoms with van der Waals surface area (Å²) in [6.07, 6.45) is 0. The van der Waals surface area contributed by atoms with Gasteiger partial charge in [-0.25, -0.2) is 4.39 Å². The van der Waals surface area contributed by atoms with Crippen LogP contribution in [-0.2, 0) is 6.54 Å². The lowest BCUT2D eigenvalue weighted by atomic mass is 10.1. The van der Waals surface area contributed by atoms with E-state index < -0.39 is 5.82 Å². The van der Waals surface area contributed by atoms with E-state index in [1.807, 2.05) is 18.2 Å². The first-order valence-corrected chi connectivity index (χ1v) is 9.55. The van der Waals surface area contributed by atoms with Crippen LogP contribution in [0.15, 0.2) is 30.3 Å². The molecule has 5 nitrogen and oxygen atoms in total. The van der Waals surface area contributed by atoms with E-state index in [0.717, 1.165) is 23.1 Å². The summed E-state index contributed by atoms with van der Waals surface area (Å²) in [6.45, 7) is 3.08. The van der Waals surface area contributed by atoms with Crippen LogP contribution in [0.4, 0.5) is 4.39 Å². The van der Waals surface area contributed by atoms with E-state index in [4.69, 9.17) is 32.7 Å². The summed E-state index contributed by atoms with van der Waals surface area (Å²) in [5.41, 5.74) is 1.15. The predicted molar refractivity (Wildman–Crippen MR) is 107 cm³/mol. The van der Waals surface area contributed by atoms with Crippen molar-refractivity contribution in [1.29, 1.82) is 0 Å². The lowest BCUT2D eigenvalue weighted by molar-refractivity contribution is 0.0627. The Kier molecular flexibility index (Phi) is 6.65. The molecule has 1 fully saturated rings. The first-order chi connectivity index (χ1) is 13.4. The zero-order valence-corrected chi connectivity index (χ0v) is 17.2. The molecule has 2 aromatic carbocycles. The number of methoxy groups -OCH3 is 2. The number of nitrogens with zero attached hydrogens (tertiary/aromatic N) is 2. The maximum absolute atomic E-state index is 13.7. The van der Waals surface area contributed by atoms with Gasteiger partial charge in [0.2, 0.25) is 0 Å². The molecule has 3 rings (SSSR count). The van der Waals surface area contributed by atoms with Gasteiger partial charge in [-0.05, 0) is 30.3 Å². The second kappa shape index (κ2) is 8.99. The molecule has 28 heavy (non-hydrogen) atoms. The van der Waals surface area contributed by atoms with Gasteiger partial charge in [-0.15, -0.1) is 0 Å². The van der Waals surface area contributed by atoms with Crippen molar-refractivity contribution in [3.8, 4) is 11.5 Å². The fourth-order valence-corrected chi connectivity index (χ4v) is 3.68. The molecule has 0 saturated carbocycles. The largest absolute Gasteiger partial charge is 0.497 e. The molecule has 8 heteroatoms. The smallest absolute Gasteiger partial charge is 0.255 e. The minimum Gasteiger partial charge on any atom is -0.497 e. The van der Waals surface area contributed by atoms with E-state index in [0.29, 0.717) is 32.7 Å². The van der Waals surface area contributed by atoms with Crippen molar-refractivity contribution in [2.75, 3.05) is 40.4 Å². The standard InChI is InChI=1S/C20H21Cl2FN2O3/c1-27-14-3-4-19(28-2)13(9-14)12-24-5-7-25(8-6-24)20(26)15-10-18(23)17(22)11-16(15)21/h3-4,9-11H,5-8,12H2,1-2H3. The van der Waals surface area contributed by atoms with Gasteiger partial charge < -0.3 is 14.4 Å². The molecule has 1 saturated heterocycles. The molecule has 0 N–H and O–H groups in total. The van der Waals surface area contributed by atoms with Gasteiger partial charge in [0.1, 0.15) is 17.3 Å². The van der Waals surface area contributed by atoms with Crippen LogP contribution in [0.5, 0.6) is 11.5 Å². The third kappa shape index (κ3) is 4.51. The van der Waals surface area contributed by atoms with Gasteiger partial charge >= 0.3 is 0 Å². The molecule has 0 atom stereocenters. The van der Waals surface area contributed by atoms with Crippen molar-refractivity contribution in [3.05, 3.63) is 57.3 Å². The van der Waals surface area contributed by atoms with Crippen LogP contribution in [0.3, 0.4) is 0 Å². The second-order valence-corrected chi connectivity index (χ2v) is 7.31. The van der Waals surface area contributed by atoms with Gasteiger partial charge in [-0.3, -0.25) is 9.69 Å². The average molecular weight is 427 g/mol. The number of benzene rings is 2. The zero-order chi connectivity index (χ0) is 20.3. The molecule has 1 aliphatic rings. The minimum atomic E-state index is -0.654. The first kappa shape index (κ1) is 20.7. The van der Waals surface area contributed by atoms with Crippen molar-refractivity contribution >= 4 is 29.1 Å². The molecule has 1 heterocycles. The molecular formula is C20H21Cl2FN2O3. The van der Waals surface area contributed by atoms with E-state index in [-0.39, 0.29) is 21.5 Å². The van der Waals surface area contributed by atoms with Gasteiger partial charge in [0.15, 0.2) is 0 Å². The lowest BCUT2D eigenvalue weighted by Crippen LogP contribution is -2.48. The number of carbonyl (C=O) groups excluding carboxylic acids is 1. The molecule has 1 aliphatic heterocycles. The van der Waals surface area contributed by atoms with Crippen LogP contribution in [0.1, 0.15) is 15.9 Å². The van der Waals surface area contributed by atoms with E-state index in [2.05, 4.69) is 4.90 Å². The number of hydrogen-bond donors (Lipinski definition) is 0. The number of amides is 1. The van der Waals surface area contributed by atoms with Crippen LogP contribution in [-0.4, -0.2) is 56.1 Å². The summed E-state index contributed by atoms with van der Waals surface area (Å²) in [5, 5.41) is 0.0542. The Morgan fingerprint density at radius 1 is 1.04 bits per heavy atom. The van der Waals surface area contributed by atoms with Crippen LogP contribution in [0, 0.1) is 5.82 Å². The SMILES string of the molecule is COc1ccc(OC)c(CN2CCN(C(=O)c3cc(F)c(Cl)cc3Cl)CC2)c1. The Bertz CT molecular complexity index is 871. The van der Waals surface area contributed by atoms with Crippen molar-refractivity contribution in [3.63, 3.8) is 0 Å². The van der Waals surface area contributed by atoms with Crippen molar-refractivity contribution < 1.29 is 18.7 Å². The Morgan fingerprint density at radius 2 is 1.75 bits per heavy atom. The van der Waals surface area contributed by atoms with E-state index in [9.17, 15) is 9.18 Å². The highest BCUT2D eigenvalue weighted by atomic mass is 35.5. The number of rotatable bonds is 5. The van der Waals surface area contributed by atoms with E-state index >= 15 is 0 Å². The highest BCUT2D eigenvalue weighted by molar-refractivity contribution is 6.36. The third-order valence-corrected chi connectivity index (χ3v) is 5.38. The van der Waals surface area contributed by atoms with E-state index in [1.165, 1.54) is 6.07 Å². The average Bonchev–Trinajstić information content (AvgIpc) is 2.70. The number of piperazine rings is 1. The molecule has 1 amide bonds. The fraction of sp³-hybridized carbons (Fsp3) is 0.350. The number of hydrogen-bond acceptors (Lipinski definition) is 4. The maximum Gasteiger partial charge on any atom is 0.255 e. The highest BCUT2D eigenvalue weighted by Crippen LogP contribution is 2.27. The second-order valence-electron chi connectivity index (χ2n) is 6.49. The van der Waals surface area contributed by atoms with Gasteiger partial charge in [0, 0.05) is 38.3 Å². The third-order valence-electron chi connectivity index (χ3n) is 4.78. The summed E-state index contributed by atoms with van der Waals surface area (Å²) >= 11 is 11.8. The predicted octanol–water partition coefficient (Wildman–Crippen LogP) is 4.11. The number of halogens is 3. The molecule has 0 aliphatic carbocycles. The van der Waals surface area contributed by atoms with Crippen LogP contribution < -0.4 is 9.47 Å². The lowest BCUT2D eigenvalue weighted by Gasteiger charge is -2.35. The van der Waals surface area contributed by atoms with Gasteiger partial charge in [-0.1, -0.05) is 23.2 Å². The first-order valence-electron chi connectivity index (χ1n) is 8.80. The normalized spacial score (nSPS) is 14.8. The Hall–Kier alpha value is -2.02. The molecule has 0 bridgehead atoms. The number of ether oxygens (including phenoxy) is 2. The Morgan fingerprint density at radius 3 is 2.39 bits per heavy atom. The summed E-state index contributed by atoms with van der Waals surface area (Å²) in [6, 6.07) is 8.04. The zero-order valence-electron chi connectivity index (χ0n) is 15.7. The van der Waals surface area contributed by atoms with Gasteiger partial charge in [0.25, 0.3) is 5.91 Å². The quantitative estimate of drug-likeness (QED) is 0.674. The molecule has 0 aromatic heterocycles. The molecule has 0 spiro atoms. The van der Waals surface area contributed by atoms with Crippen LogP contribution in [0.25, 0.3) is 0 Å². The van der Waals surface area contributed by atoms with Crippen molar-refractivity contribution in [2.24, 2.45) is 0 Å². The van der Waals surface area contributed by atoms with Crippen molar-refractivity contribution in [2.45, 2.75) is 6.54 Å². The summed E-state index contributed by atoms with van der Waals surface area (Å²) in [5.74, 6) is 0.615. The molecule has 2 aromatic rings. The molecule has 150 valence electrons.